The summed E-state index contributed by atoms with van der Waals surface area (Å²) in [7, 11) is 1.99. The van der Waals surface area contributed by atoms with Crippen molar-refractivity contribution in [1.82, 2.24) is 14.7 Å². The molecule has 45 heavy (non-hydrogen) atoms. The summed E-state index contributed by atoms with van der Waals surface area (Å²) in [4.78, 5) is 43.3. The lowest BCUT2D eigenvalue weighted by Gasteiger charge is -2.36. The van der Waals surface area contributed by atoms with Gasteiger partial charge < -0.3 is 39.1 Å². The molecule has 2 saturated heterocycles. The molecular weight excluding hydrogens is 585 g/mol. The molecule has 3 rings (SSSR count). The number of esters is 1. The van der Waals surface area contributed by atoms with Crippen LogP contribution in [0, 0.1) is 11.8 Å². The highest BCUT2D eigenvalue weighted by atomic mass is 19.1. The smallest absolute Gasteiger partial charge is 0.410 e. The standard InChI is InChI=1S/C33H52FN3O8/c1-23(22-43-32(41)37-15-7-10-26(37)21-34)8-6-9-24(2)30-25(3)11-12-28(44-31(40)36-18-16-35(5)17-19-36)33(4,42)14-13-27(38)20-29(39)45-30/h6,8-9,11-12,23,25-28,30,38,42H,7,10,13-22H2,1-5H3/b8-6+,12-11+,24-9+/t23-,25+,26+,27-,28+,30-,33-/m1/s1. The van der Waals surface area contributed by atoms with Crippen LogP contribution < -0.4 is 0 Å². The molecule has 0 aromatic heterocycles. The Labute approximate surface area is 266 Å². The second-order valence-electron chi connectivity index (χ2n) is 13.0. The number of carbonyl (C=O) groups excluding carboxylic acids is 3. The number of hydrogen-bond donors (Lipinski definition) is 2. The quantitative estimate of drug-likeness (QED) is 0.185. The Hall–Kier alpha value is -2.96. The van der Waals surface area contributed by atoms with Crippen molar-refractivity contribution in [2.75, 3.05) is 53.1 Å². The first-order valence-electron chi connectivity index (χ1n) is 16.1. The Morgan fingerprint density at radius 3 is 2.58 bits per heavy atom. The molecule has 11 nitrogen and oxygen atoms in total. The highest BCUT2D eigenvalue weighted by molar-refractivity contribution is 5.70. The van der Waals surface area contributed by atoms with Crippen molar-refractivity contribution in [1.29, 1.82) is 0 Å². The zero-order valence-corrected chi connectivity index (χ0v) is 27.4. The summed E-state index contributed by atoms with van der Waals surface area (Å²) in [6.07, 6.45) is 6.56. The Kier molecular flexibility index (Phi) is 13.9. The number of likely N-dealkylation sites (N-methyl/N-ethyl adjacent to an activating group) is 1. The van der Waals surface area contributed by atoms with Crippen LogP contribution in [0.4, 0.5) is 14.0 Å². The number of carbonyl (C=O) groups is 3. The van der Waals surface area contributed by atoms with Gasteiger partial charge in [-0.15, -0.1) is 0 Å². The van der Waals surface area contributed by atoms with E-state index in [0.29, 0.717) is 26.1 Å². The molecule has 3 heterocycles. The molecule has 3 aliphatic rings. The number of cyclic esters (lactones) is 1. The summed E-state index contributed by atoms with van der Waals surface area (Å²) < 4.78 is 30.2. The Morgan fingerprint density at radius 1 is 1.18 bits per heavy atom. The van der Waals surface area contributed by atoms with Gasteiger partial charge in [-0.1, -0.05) is 38.2 Å². The molecule has 0 saturated carbocycles. The van der Waals surface area contributed by atoms with Crippen molar-refractivity contribution in [3.63, 3.8) is 0 Å². The number of nitrogens with zero attached hydrogens (tertiary/aromatic N) is 3. The van der Waals surface area contributed by atoms with Crippen molar-refractivity contribution in [2.45, 2.75) is 89.8 Å². The number of aliphatic hydroxyl groups excluding tert-OH is 1. The Morgan fingerprint density at radius 2 is 1.89 bits per heavy atom. The average Bonchev–Trinajstić information content (AvgIpc) is 3.48. The molecule has 12 heteroatoms. The first-order valence-corrected chi connectivity index (χ1v) is 16.1. The number of rotatable bonds is 7. The average molecular weight is 638 g/mol. The number of alkyl halides is 1. The van der Waals surface area contributed by atoms with E-state index in [0.717, 1.165) is 25.1 Å². The molecule has 0 unspecified atom stereocenters. The van der Waals surface area contributed by atoms with E-state index in [1.54, 1.807) is 30.1 Å². The maximum absolute atomic E-state index is 13.1. The molecule has 0 aromatic rings. The van der Waals surface area contributed by atoms with Gasteiger partial charge in [-0.25, -0.2) is 14.0 Å². The van der Waals surface area contributed by atoms with Gasteiger partial charge in [-0.05, 0) is 58.2 Å². The largest absolute Gasteiger partial charge is 0.457 e. The normalized spacial score (nSPS) is 32.4. The van der Waals surface area contributed by atoms with E-state index in [-0.39, 0.29) is 37.7 Å². The summed E-state index contributed by atoms with van der Waals surface area (Å²) in [5, 5.41) is 21.9. The predicted molar refractivity (Wildman–Crippen MR) is 167 cm³/mol. The molecular formula is C33H52FN3O8. The first kappa shape index (κ1) is 36.5. The molecule has 0 bridgehead atoms. The lowest BCUT2D eigenvalue weighted by atomic mass is 9.89. The highest BCUT2D eigenvalue weighted by Crippen LogP contribution is 2.27. The fourth-order valence-electron chi connectivity index (χ4n) is 5.69. The van der Waals surface area contributed by atoms with Crippen molar-refractivity contribution >= 4 is 18.2 Å². The minimum Gasteiger partial charge on any atom is -0.457 e. The topological polar surface area (TPSA) is 129 Å². The van der Waals surface area contributed by atoms with Crippen LogP contribution in [0.3, 0.4) is 0 Å². The number of allylic oxidation sites excluding steroid dienone is 2. The first-order chi connectivity index (χ1) is 21.3. The Bertz CT molecular complexity index is 1090. The third kappa shape index (κ3) is 11.1. The van der Waals surface area contributed by atoms with E-state index in [2.05, 4.69) is 4.90 Å². The summed E-state index contributed by atoms with van der Waals surface area (Å²) in [6.45, 7) is 9.71. The van der Waals surface area contributed by atoms with Crippen LogP contribution in [0.1, 0.15) is 59.8 Å². The number of halogens is 1. The number of piperazine rings is 1. The van der Waals surface area contributed by atoms with Gasteiger partial charge in [-0.3, -0.25) is 4.79 Å². The minimum atomic E-state index is -1.48. The van der Waals surface area contributed by atoms with Crippen LogP contribution >= 0.6 is 0 Å². The van der Waals surface area contributed by atoms with Crippen molar-refractivity contribution in [3.8, 4) is 0 Å². The summed E-state index contributed by atoms with van der Waals surface area (Å²) in [5.41, 5.74) is -0.750. The minimum absolute atomic E-state index is 0.107. The van der Waals surface area contributed by atoms with Gasteiger partial charge in [0, 0.05) is 44.6 Å². The lowest BCUT2D eigenvalue weighted by molar-refractivity contribution is -0.151. The summed E-state index contributed by atoms with van der Waals surface area (Å²) in [5.74, 6) is -1.04. The maximum Gasteiger partial charge on any atom is 0.410 e. The van der Waals surface area contributed by atoms with Crippen LogP contribution in [0.25, 0.3) is 0 Å². The predicted octanol–water partition coefficient (Wildman–Crippen LogP) is 3.85. The molecule has 0 aliphatic carbocycles. The molecule has 254 valence electrons. The monoisotopic (exact) mass is 637 g/mol. The zero-order valence-electron chi connectivity index (χ0n) is 27.4. The van der Waals surface area contributed by atoms with Gasteiger partial charge in [-0.2, -0.15) is 0 Å². The van der Waals surface area contributed by atoms with E-state index >= 15 is 0 Å². The number of hydrogen-bond acceptors (Lipinski definition) is 9. The van der Waals surface area contributed by atoms with E-state index in [1.165, 1.54) is 4.90 Å². The highest BCUT2D eigenvalue weighted by Gasteiger charge is 2.37. The van der Waals surface area contributed by atoms with Gasteiger partial charge in [0.2, 0.25) is 0 Å². The van der Waals surface area contributed by atoms with Crippen LogP contribution in [0.2, 0.25) is 0 Å². The van der Waals surface area contributed by atoms with Crippen molar-refractivity contribution in [2.24, 2.45) is 11.8 Å². The second-order valence-corrected chi connectivity index (χ2v) is 13.0. The van der Waals surface area contributed by atoms with Gasteiger partial charge in [0.25, 0.3) is 0 Å². The van der Waals surface area contributed by atoms with Gasteiger partial charge >= 0.3 is 18.2 Å². The number of likely N-dealkylation sites (tertiary alicyclic amines) is 1. The van der Waals surface area contributed by atoms with Crippen LogP contribution in [0.5, 0.6) is 0 Å². The Balaban J connectivity index is 1.70. The number of aliphatic hydroxyl groups is 2. The van der Waals surface area contributed by atoms with E-state index in [9.17, 15) is 29.0 Å². The molecule has 0 spiro atoms. The van der Waals surface area contributed by atoms with E-state index in [4.69, 9.17) is 14.2 Å². The number of ether oxygens (including phenoxy) is 3. The van der Waals surface area contributed by atoms with Crippen LogP contribution in [0.15, 0.2) is 36.0 Å². The van der Waals surface area contributed by atoms with E-state index in [1.807, 2.05) is 40.0 Å². The zero-order chi connectivity index (χ0) is 33.1. The number of amides is 2. The molecule has 0 radical (unpaired) electrons. The third-order valence-corrected chi connectivity index (χ3v) is 8.82. The van der Waals surface area contributed by atoms with Gasteiger partial charge in [0.15, 0.2) is 6.10 Å². The van der Waals surface area contributed by atoms with Crippen LogP contribution in [-0.2, 0) is 19.0 Å². The van der Waals surface area contributed by atoms with Crippen LogP contribution in [-0.4, -0.2) is 126 Å². The molecule has 3 aliphatic heterocycles. The molecule has 7 atom stereocenters. The molecule has 0 aromatic carbocycles. The molecule has 2 N–H and O–H groups in total. The maximum atomic E-state index is 13.1. The van der Waals surface area contributed by atoms with Crippen molar-refractivity contribution < 1.29 is 43.2 Å². The second kappa shape index (κ2) is 17.1. The SMILES string of the molecule is C/C(=C\C=C\[C@@H](C)COC(=O)N1CCC[C@H]1CF)[C@H]1OC(=O)C[C@H](O)CC[C@@](C)(O)[C@@H](OC(=O)N2CCN(C)CC2)/C=C/[C@@H]1C. The fraction of sp³-hybridized carbons (Fsp3) is 0.727. The molecule has 2 amide bonds. The summed E-state index contributed by atoms with van der Waals surface area (Å²) >= 11 is 0. The summed E-state index contributed by atoms with van der Waals surface area (Å²) in [6, 6.07) is -0.412. The third-order valence-electron chi connectivity index (χ3n) is 8.82. The lowest BCUT2D eigenvalue weighted by Crippen LogP contribution is -2.50. The molecule has 2 fully saturated rings. The fourth-order valence-corrected chi connectivity index (χ4v) is 5.69. The van der Waals surface area contributed by atoms with Crippen molar-refractivity contribution in [3.05, 3.63) is 36.0 Å². The van der Waals surface area contributed by atoms with Gasteiger partial charge in [0.1, 0.15) is 18.4 Å². The van der Waals surface area contributed by atoms with E-state index < -0.39 is 54.8 Å². The van der Waals surface area contributed by atoms with Gasteiger partial charge in [0.05, 0.1) is 25.2 Å².